The third-order valence-electron chi connectivity index (χ3n) is 4.87. The molecule has 1 rings (SSSR count). The Hall–Kier alpha value is -0.294. The third-order valence-corrected chi connectivity index (χ3v) is 5.66. The van der Waals surface area contributed by atoms with Gasteiger partial charge in [-0.3, -0.25) is 0 Å². The second-order valence-electron chi connectivity index (χ2n) is 7.61. The SMILES string of the molecule is CCCCCCCCCCCOC(=O)c1ccccc1C(=O)OCCCCS(=O)(=O)[O-].[K+]. The number of ether oxygens (including phenoxy) is 2. The van der Waals surface area contributed by atoms with Crippen molar-refractivity contribution in [2.45, 2.75) is 77.6 Å². The van der Waals surface area contributed by atoms with Crippen molar-refractivity contribution in [1.82, 2.24) is 0 Å². The normalized spacial score (nSPS) is 10.9. The van der Waals surface area contributed by atoms with Crippen LogP contribution in [-0.2, 0) is 19.6 Å². The average molecular weight is 495 g/mol. The maximum Gasteiger partial charge on any atom is 1.00 e. The van der Waals surface area contributed by atoms with Crippen LogP contribution < -0.4 is 51.4 Å². The summed E-state index contributed by atoms with van der Waals surface area (Å²) in [6, 6.07) is 6.27. The molecule has 0 saturated heterocycles. The van der Waals surface area contributed by atoms with E-state index in [-0.39, 0.29) is 82.0 Å². The van der Waals surface area contributed by atoms with Crippen LogP contribution in [0.25, 0.3) is 0 Å². The van der Waals surface area contributed by atoms with Gasteiger partial charge < -0.3 is 14.0 Å². The first-order valence-electron chi connectivity index (χ1n) is 11.2. The van der Waals surface area contributed by atoms with Crippen molar-refractivity contribution >= 4 is 22.1 Å². The Bertz CT molecular complexity index is 765. The van der Waals surface area contributed by atoms with E-state index in [1.54, 1.807) is 12.1 Å². The molecule has 0 aliphatic heterocycles. The Balaban J connectivity index is 0.00000961. The van der Waals surface area contributed by atoms with Gasteiger partial charge in [-0.2, -0.15) is 0 Å². The summed E-state index contributed by atoms with van der Waals surface area (Å²) < 4.78 is 42.1. The van der Waals surface area contributed by atoms with Gasteiger partial charge in [-0.25, -0.2) is 18.0 Å². The van der Waals surface area contributed by atoms with Crippen molar-refractivity contribution in [1.29, 1.82) is 0 Å². The maximum absolute atomic E-state index is 12.4. The van der Waals surface area contributed by atoms with Crippen LogP contribution in [0.5, 0.6) is 0 Å². The van der Waals surface area contributed by atoms with Gasteiger partial charge >= 0.3 is 63.3 Å². The summed E-state index contributed by atoms with van der Waals surface area (Å²) in [6.07, 6.45) is 10.9. The van der Waals surface area contributed by atoms with E-state index < -0.39 is 27.8 Å². The van der Waals surface area contributed by atoms with E-state index in [9.17, 15) is 22.6 Å². The molecule has 0 unspecified atom stereocenters. The van der Waals surface area contributed by atoms with Crippen LogP contribution >= 0.6 is 0 Å². The van der Waals surface area contributed by atoms with Crippen LogP contribution in [0.4, 0.5) is 0 Å². The number of unbranched alkanes of at least 4 members (excludes halogenated alkanes) is 9. The largest absolute Gasteiger partial charge is 1.00 e. The smallest absolute Gasteiger partial charge is 0.748 e. The van der Waals surface area contributed by atoms with Crippen molar-refractivity contribution in [3.8, 4) is 0 Å². The van der Waals surface area contributed by atoms with Crippen LogP contribution in [0.15, 0.2) is 24.3 Å². The van der Waals surface area contributed by atoms with Crippen molar-refractivity contribution < 1.29 is 83.4 Å². The molecule has 7 nitrogen and oxygen atoms in total. The Morgan fingerprint density at radius 3 is 1.59 bits per heavy atom. The summed E-state index contributed by atoms with van der Waals surface area (Å²) in [5.41, 5.74) is 0.251. The molecule has 0 bridgehead atoms. The summed E-state index contributed by atoms with van der Waals surface area (Å²) in [4.78, 5) is 24.6. The van der Waals surface area contributed by atoms with E-state index in [1.807, 2.05) is 0 Å². The first kappa shape index (κ1) is 31.7. The molecule has 0 aliphatic carbocycles. The minimum atomic E-state index is -4.27. The molecule has 1 aromatic carbocycles. The van der Waals surface area contributed by atoms with E-state index in [1.165, 1.54) is 50.7 Å². The number of benzene rings is 1. The molecule has 0 heterocycles. The number of esters is 2. The molecular formula is C23H35KO7S. The minimum Gasteiger partial charge on any atom is -0.748 e. The molecule has 0 atom stereocenters. The second kappa shape index (κ2) is 19.1. The van der Waals surface area contributed by atoms with E-state index in [0.717, 1.165) is 19.3 Å². The van der Waals surface area contributed by atoms with Gasteiger partial charge in [0, 0.05) is 5.75 Å². The summed E-state index contributed by atoms with van der Waals surface area (Å²) in [6.45, 7) is 2.48. The predicted octanol–water partition coefficient (Wildman–Crippen LogP) is 1.86. The topological polar surface area (TPSA) is 110 Å². The minimum absolute atomic E-state index is 0. The molecule has 0 spiro atoms. The van der Waals surface area contributed by atoms with Gasteiger partial charge in [-0.05, 0) is 31.4 Å². The van der Waals surface area contributed by atoms with Crippen molar-refractivity contribution in [3.63, 3.8) is 0 Å². The van der Waals surface area contributed by atoms with Crippen LogP contribution in [0.3, 0.4) is 0 Å². The zero-order valence-corrected chi connectivity index (χ0v) is 23.4. The van der Waals surface area contributed by atoms with Crippen molar-refractivity contribution in [2.75, 3.05) is 19.0 Å². The van der Waals surface area contributed by atoms with Gasteiger partial charge in [0.1, 0.15) is 0 Å². The number of hydrogen-bond donors (Lipinski definition) is 0. The van der Waals surface area contributed by atoms with Gasteiger partial charge in [0.05, 0.1) is 34.5 Å². The summed E-state index contributed by atoms with van der Waals surface area (Å²) >= 11 is 0. The van der Waals surface area contributed by atoms with Crippen molar-refractivity contribution in [2.24, 2.45) is 0 Å². The molecule has 0 N–H and O–H groups in total. The van der Waals surface area contributed by atoms with Crippen LogP contribution in [0.2, 0.25) is 0 Å². The van der Waals surface area contributed by atoms with E-state index in [2.05, 4.69) is 6.92 Å². The first-order valence-corrected chi connectivity index (χ1v) is 12.8. The summed E-state index contributed by atoms with van der Waals surface area (Å²) in [5.74, 6) is -1.74. The Labute approximate surface area is 235 Å². The van der Waals surface area contributed by atoms with E-state index in [0.29, 0.717) is 6.61 Å². The fourth-order valence-electron chi connectivity index (χ4n) is 3.12. The first-order chi connectivity index (χ1) is 14.8. The van der Waals surface area contributed by atoms with E-state index in [4.69, 9.17) is 9.47 Å². The maximum atomic E-state index is 12.4. The number of rotatable bonds is 17. The molecule has 32 heavy (non-hydrogen) atoms. The van der Waals surface area contributed by atoms with Gasteiger partial charge in [-0.15, -0.1) is 0 Å². The molecule has 9 heteroatoms. The molecule has 0 saturated carbocycles. The fraction of sp³-hybridized carbons (Fsp3) is 0.652. The Morgan fingerprint density at radius 2 is 1.16 bits per heavy atom. The molecule has 0 aliphatic rings. The Morgan fingerprint density at radius 1 is 0.750 bits per heavy atom. The zero-order chi connectivity index (χ0) is 23.0. The quantitative estimate of drug-likeness (QED) is 0.141. The fourth-order valence-corrected chi connectivity index (χ4v) is 3.68. The number of hydrogen-bond acceptors (Lipinski definition) is 7. The summed E-state index contributed by atoms with van der Waals surface area (Å²) in [7, 11) is -4.27. The average Bonchev–Trinajstić information content (AvgIpc) is 2.73. The molecule has 0 fully saturated rings. The molecule has 1 aromatic rings. The number of carbonyl (C=O) groups excluding carboxylic acids is 2. The Kier molecular flexibility index (Phi) is 18.9. The van der Waals surface area contributed by atoms with Crippen LogP contribution in [0, 0.1) is 0 Å². The predicted molar refractivity (Wildman–Crippen MR) is 118 cm³/mol. The zero-order valence-electron chi connectivity index (χ0n) is 19.5. The molecule has 176 valence electrons. The summed E-state index contributed by atoms with van der Waals surface area (Å²) in [5, 5.41) is 0. The monoisotopic (exact) mass is 494 g/mol. The van der Waals surface area contributed by atoms with Gasteiger partial charge in [0.2, 0.25) is 0 Å². The van der Waals surface area contributed by atoms with Gasteiger partial charge in [0.25, 0.3) is 0 Å². The second-order valence-corrected chi connectivity index (χ2v) is 9.14. The molecular weight excluding hydrogens is 459 g/mol. The van der Waals surface area contributed by atoms with Gasteiger partial charge in [-0.1, -0.05) is 70.4 Å². The van der Waals surface area contributed by atoms with Crippen molar-refractivity contribution in [3.05, 3.63) is 35.4 Å². The standard InChI is InChI=1S/C23H36O7S.K/c1-2-3-4-5-6-7-8-9-12-17-29-22(24)20-15-10-11-16-21(20)23(25)30-18-13-14-19-31(26,27)28;/h10-11,15-16H,2-9,12-14,17-19H2,1H3,(H,26,27,28);/q;+1/p-1. The van der Waals surface area contributed by atoms with Crippen LogP contribution in [0.1, 0.15) is 98.3 Å². The molecule has 0 amide bonds. The van der Waals surface area contributed by atoms with Gasteiger partial charge in [0.15, 0.2) is 0 Å². The van der Waals surface area contributed by atoms with Crippen LogP contribution in [-0.4, -0.2) is 43.9 Å². The number of carbonyl (C=O) groups is 2. The van der Waals surface area contributed by atoms with E-state index >= 15 is 0 Å². The third kappa shape index (κ3) is 15.5. The molecule has 0 radical (unpaired) electrons. The molecule has 0 aromatic heterocycles.